The lowest BCUT2D eigenvalue weighted by molar-refractivity contribution is 0.0924. The SMILES string of the molecule is CC(C)c1ccc2c(c1)[C@@H](NC(=O)N(C[C@H](C)O)[C@@H](C)CO)CC2. The Bertz CT molecular complexity index is 572. The van der Waals surface area contributed by atoms with Crippen molar-refractivity contribution in [3.8, 4) is 0 Å². The van der Waals surface area contributed by atoms with Crippen molar-refractivity contribution >= 4 is 6.03 Å². The van der Waals surface area contributed by atoms with Crippen LogP contribution in [0.4, 0.5) is 4.79 Å². The van der Waals surface area contributed by atoms with Crippen molar-refractivity contribution in [3.63, 3.8) is 0 Å². The smallest absolute Gasteiger partial charge is 0.318 e. The molecule has 2 rings (SSSR count). The van der Waals surface area contributed by atoms with Crippen LogP contribution in [0, 0.1) is 0 Å². The van der Waals surface area contributed by atoms with Gasteiger partial charge in [0.05, 0.1) is 24.8 Å². The second kappa shape index (κ2) is 7.99. The fourth-order valence-electron chi connectivity index (χ4n) is 3.21. The van der Waals surface area contributed by atoms with E-state index in [1.807, 2.05) is 0 Å². The molecular weight excluding hydrogens is 304 g/mol. The van der Waals surface area contributed by atoms with E-state index < -0.39 is 6.10 Å². The van der Waals surface area contributed by atoms with Crippen LogP contribution < -0.4 is 5.32 Å². The van der Waals surface area contributed by atoms with Gasteiger partial charge in [-0.2, -0.15) is 0 Å². The molecule has 1 aliphatic carbocycles. The molecule has 1 aromatic carbocycles. The summed E-state index contributed by atoms with van der Waals surface area (Å²) in [6.45, 7) is 7.83. The summed E-state index contributed by atoms with van der Waals surface area (Å²) in [5.41, 5.74) is 3.77. The summed E-state index contributed by atoms with van der Waals surface area (Å²) >= 11 is 0. The Labute approximate surface area is 144 Å². The van der Waals surface area contributed by atoms with Crippen molar-refractivity contribution in [1.29, 1.82) is 0 Å². The molecule has 0 unspecified atom stereocenters. The van der Waals surface area contributed by atoms with Gasteiger partial charge in [0.15, 0.2) is 0 Å². The zero-order chi connectivity index (χ0) is 17.9. The average Bonchev–Trinajstić information content (AvgIpc) is 2.93. The predicted molar refractivity (Wildman–Crippen MR) is 95.1 cm³/mol. The first-order valence-electron chi connectivity index (χ1n) is 8.82. The third kappa shape index (κ3) is 4.28. The van der Waals surface area contributed by atoms with Crippen molar-refractivity contribution in [2.24, 2.45) is 0 Å². The van der Waals surface area contributed by atoms with Crippen LogP contribution in [0.25, 0.3) is 0 Å². The highest BCUT2D eigenvalue weighted by Gasteiger charge is 2.28. The van der Waals surface area contributed by atoms with Crippen LogP contribution >= 0.6 is 0 Å². The normalized spacial score (nSPS) is 19.0. The molecule has 5 heteroatoms. The number of carbonyl (C=O) groups excluding carboxylic acids is 1. The summed E-state index contributed by atoms with van der Waals surface area (Å²) in [5, 5.41) is 22.1. The summed E-state index contributed by atoms with van der Waals surface area (Å²) < 4.78 is 0. The Kier molecular flexibility index (Phi) is 6.24. The summed E-state index contributed by atoms with van der Waals surface area (Å²) in [5.74, 6) is 0.452. The molecule has 3 N–H and O–H groups in total. The van der Waals surface area contributed by atoms with Gasteiger partial charge < -0.3 is 20.4 Å². The van der Waals surface area contributed by atoms with Gasteiger partial charge in [-0.05, 0) is 49.3 Å². The Morgan fingerprint density at radius 1 is 1.33 bits per heavy atom. The largest absolute Gasteiger partial charge is 0.394 e. The Morgan fingerprint density at radius 2 is 2.04 bits per heavy atom. The van der Waals surface area contributed by atoms with Gasteiger partial charge in [0, 0.05) is 6.54 Å². The van der Waals surface area contributed by atoms with Gasteiger partial charge in [-0.1, -0.05) is 32.0 Å². The van der Waals surface area contributed by atoms with Gasteiger partial charge in [0.2, 0.25) is 0 Å². The summed E-state index contributed by atoms with van der Waals surface area (Å²) in [7, 11) is 0. The number of benzene rings is 1. The minimum absolute atomic E-state index is 0.00593. The minimum Gasteiger partial charge on any atom is -0.394 e. The summed E-state index contributed by atoms with van der Waals surface area (Å²) in [6.07, 6.45) is 1.22. The lowest BCUT2D eigenvalue weighted by Crippen LogP contribution is -2.49. The first-order chi connectivity index (χ1) is 11.3. The number of fused-ring (bicyclic) bond motifs is 1. The number of amides is 2. The number of nitrogens with one attached hydrogen (secondary N) is 1. The molecule has 0 spiro atoms. The number of rotatable bonds is 6. The van der Waals surface area contributed by atoms with Gasteiger partial charge in [-0.3, -0.25) is 0 Å². The maximum atomic E-state index is 12.7. The Hall–Kier alpha value is -1.59. The number of carbonyl (C=O) groups is 1. The highest BCUT2D eigenvalue weighted by atomic mass is 16.3. The Balaban J connectivity index is 2.14. The molecule has 1 aromatic rings. The predicted octanol–water partition coefficient (Wildman–Crippen LogP) is 2.57. The molecule has 0 radical (unpaired) electrons. The summed E-state index contributed by atoms with van der Waals surface area (Å²) in [4.78, 5) is 14.2. The Morgan fingerprint density at radius 3 is 2.62 bits per heavy atom. The number of nitrogens with zero attached hydrogens (tertiary/aromatic N) is 1. The molecule has 0 heterocycles. The zero-order valence-corrected chi connectivity index (χ0v) is 15.1. The highest BCUT2D eigenvalue weighted by Crippen LogP contribution is 2.33. The zero-order valence-electron chi connectivity index (χ0n) is 15.1. The van der Waals surface area contributed by atoms with Crippen LogP contribution in [-0.2, 0) is 6.42 Å². The van der Waals surface area contributed by atoms with Crippen LogP contribution in [0.3, 0.4) is 0 Å². The van der Waals surface area contributed by atoms with Gasteiger partial charge in [-0.25, -0.2) is 4.79 Å². The summed E-state index contributed by atoms with van der Waals surface area (Å²) in [6, 6.07) is 5.97. The van der Waals surface area contributed by atoms with E-state index in [0.717, 1.165) is 12.8 Å². The molecule has 24 heavy (non-hydrogen) atoms. The van der Waals surface area contributed by atoms with E-state index in [-0.39, 0.29) is 31.3 Å². The van der Waals surface area contributed by atoms with E-state index in [0.29, 0.717) is 5.92 Å². The van der Waals surface area contributed by atoms with Crippen LogP contribution in [0.5, 0.6) is 0 Å². The first kappa shape index (κ1) is 18.7. The number of aryl methyl sites for hydroxylation is 1. The quantitative estimate of drug-likeness (QED) is 0.749. The van der Waals surface area contributed by atoms with Gasteiger partial charge >= 0.3 is 6.03 Å². The van der Waals surface area contributed by atoms with Gasteiger partial charge in [0.25, 0.3) is 0 Å². The van der Waals surface area contributed by atoms with Crippen molar-refractivity contribution in [1.82, 2.24) is 10.2 Å². The molecule has 0 aliphatic heterocycles. The number of urea groups is 1. The van der Waals surface area contributed by atoms with Gasteiger partial charge in [0.1, 0.15) is 0 Å². The van der Waals surface area contributed by atoms with Crippen molar-refractivity contribution in [3.05, 3.63) is 34.9 Å². The topological polar surface area (TPSA) is 72.8 Å². The monoisotopic (exact) mass is 334 g/mol. The van der Waals surface area contributed by atoms with Crippen LogP contribution in [0.1, 0.15) is 62.8 Å². The lowest BCUT2D eigenvalue weighted by Gasteiger charge is -2.30. The van der Waals surface area contributed by atoms with E-state index in [2.05, 4.69) is 37.4 Å². The van der Waals surface area contributed by atoms with Gasteiger partial charge in [-0.15, -0.1) is 0 Å². The first-order valence-corrected chi connectivity index (χ1v) is 8.82. The minimum atomic E-state index is -0.631. The number of aliphatic hydroxyl groups excluding tert-OH is 2. The molecule has 1 aliphatic rings. The third-order valence-electron chi connectivity index (χ3n) is 4.73. The molecule has 5 nitrogen and oxygen atoms in total. The second-order valence-corrected chi connectivity index (χ2v) is 7.19. The second-order valence-electron chi connectivity index (χ2n) is 7.19. The molecule has 0 saturated carbocycles. The van der Waals surface area contributed by atoms with Crippen molar-refractivity contribution in [2.45, 2.75) is 64.6 Å². The standard InChI is InChI=1S/C19H30N2O3/c1-12(2)16-6-5-15-7-8-18(17(15)9-16)20-19(24)21(10-14(4)23)13(3)11-22/h5-6,9,12-14,18,22-23H,7-8,10-11H2,1-4H3,(H,20,24)/t13-,14-,18-/m0/s1. The van der Waals surface area contributed by atoms with Crippen molar-refractivity contribution < 1.29 is 15.0 Å². The third-order valence-corrected chi connectivity index (χ3v) is 4.73. The van der Waals surface area contributed by atoms with E-state index in [1.54, 1.807) is 13.8 Å². The molecule has 134 valence electrons. The fourth-order valence-corrected chi connectivity index (χ4v) is 3.21. The molecular formula is C19H30N2O3. The number of hydrogen-bond acceptors (Lipinski definition) is 3. The molecule has 0 aromatic heterocycles. The molecule has 3 atom stereocenters. The van der Waals surface area contributed by atoms with E-state index in [9.17, 15) is 15.0 Å². The molecule has 0 fully saturated rings. The van der Waals surface area contributed by atoms with Crippen LogP contribution in [0.2, 0.25) is 0 Å². The molecule has 0 saturated heterocycles. The maximum absolute atomic E-state index is 12.7. The maximum Gasteiger partial charge on any atom is 0.318 e. The number of hydrogen-bond donors (Lipinski definition) is 3. The average molecular weight is 334 g/mol. The van der Waals surface area contributed by atoms with Crippen molar-refractivity contribution in [2.75, 3.05) is 13.2 Å². The van der Waals surface area contributed by atoms with E-state index >= 15 is 0 Å². The molecule has 0 bridgehead atoms. The lowest BCUT2D eigenvalue weighted by atomic mass is 9.97. The fraction of sp³-hybridized carbons (Fsp3) is 0.632. The number of aliphatic hydroxyl groups is 2. The van der Waals surface area contributed by atoms with E-state index in [1.165, 1.54) is 21.6 Å². The van der Waals surface area contributed by atoms with E-state index in [4.69, 9.17) is 0 Å². The van der Waals surface area contributed by atoms with Crippen LogP contribution in [0.15, 0.2) is 18.2 Å². The highest BCUT2D eigenvalue weighted by molar-refractivity contribution is 5.75. The molecule has 2 amide bonds. The van der Waals surface area contributed by atoms with Crippen LogP contribution in [-0.4, -0.2) is 46.4 Å².